The highest BCUT2D eigenvalue weighted by atomic mass is 35.5. The fourth-order valence-corrected chi connectivity index (χ4v) is 2.48. The Bertz CT molecular complexity index is 939. The molecular formula is C21H15ClFNO3. The Morgan fingerprint density at radius 1 is 0.852 bits per heavy atom. The maximum absolute atomic E-state index is 12.8. The molecule has 3 aromatic rings. The highest BCUT2D eigenvalue weighted by Crippen LogP contribution is 2.17. The van der Waals surface area contributed by atoms with Gasteiger partial charge in [-0.2, -0.15) is 0 Å². The van der Waals surface area contributed by atoms with Gasteiger partial charge >= 0.3 is 0 Å². The van der Waals surface area contributed by atoms with E-state index in [1.54, 1.807) is 48.5 Å². The summed E-state index contributed by atoms with van der Waals surface area (Å²) in [6.07, 6.45) is 0. The van der Waals surface area contributed by atoms with Gasteiger partial charge in [0.15, 0.2) is 12.4 Å². The van der Waals surface area contributed by atoms with Crippen LogP contribution in [0.1, 0.15) is 15.9 Å². The summed E-state index contributed by atoms with van der Waals surface area (Å²) in [4.78, 5) is 24.3. The third kappa shape index (κ3) is 5.15. The molecule has 3 aromatic carbocycles. The molecule has 136 valence electrons. The van der Waals surface area contributed by atoms with Gasteiger partial charge in [-0.3, -0.25) is 9.59 Å². The van der Waals surface area contributed by atoms with Crippen molar-refractivity contribution >= 4 is 29.0 Å². The molecule has 0 atom stereocenters. The van der Waals surface area contributed by atoms with Crippen molar-refractivity contribution in [1.82, 2.24) is 0 Å². The number of ketones is 1. The largest absolute Gasteiger partial charge is 0.484 e. The summed E-state index contributed by atoms with van der Waals surface area (Å²) < 4.78 is 18.2. The molecule has 0 saturated heterocycles. The minimum Gasteiger partial charge on any atom is -0.484 e. The predicted octanol–water partition coefficient (Wildman–Crippen LogP) is 4.73. The number of rotatable bonds is 6. The van der Waals surface area contributed by atoms with Gasteiger partial charge in [0, 0.05) is 21.8 Å². The van der Waals surface area contributed by atoms with E-state index in [4.69, 9.17) is 16.3 Å². The summed E-state index contributed by atoms with van der Waals surface area (Å²) in [6, 6.07) is 18.6. The van der Waals surface area contributed by atoms with Crippen molar-refractivity contribution in [3.8, 4) is 5.75 Å². The number of hydrogen-bond donors (Lipinski definition) is 1. The zero-order chi connectivity index (χ0) is 19.2. The minimum atomic E-state index is -0.377. The molecule has 0 fully saturated rings. The molecule has 0 aliphatic rings. The topological polar surface area (TPSA) is 55.4 Å². The first-order valence-corrected chi connectivity index (χ1v) is 8.47. The zero-order valence-corrected chi connectivity index (χ0v) is 14.9. The van der Waals surface area contributed by atoms with Crippen molar-refractivity contribution in [2.75, 3.05) is 11.9 Å². The van der Waals surface area contributed by atoms with Gasteiger partial charge in [-0.25, -0.2) is 4.39 Å². The van der Waals surface area contributed by atoms with Crippen LogP contribution in [0.25, 0.3) is 0 Å². The molecule has 0 heterocycles. The Morgan fingerprint density at radius 2 is 1.41 bits per heavy atom. The molecule has 0 radical (unpaired) electrons. The second kappa shape index (κ2) is 8.47. The van der Waals surface area contributed by atoms with E-state index in [0.29, 0.717) is 27.6 Å². The lowest BCUT2D eigenvalue weighted by Crippen LogP contribution is -2.20. The van der Waals surface area contributed by atoms with E-state index in [1.807, 2.05) is 0 Å². The van der Waals surface area contributed by atoms with E-state index < -0.39 is 0 Å². The molecule has 3 rings (SSSR count). The lowest BCUT2D eigenvalue weighted by molar-refractivity contribution is -0.118. The Morgan fingerprint density at radius 3 is 2.00 bits per heavy atom. The van der Waals surface area contributed by atoms with Crippen LogP contribution in [0.15, 0.2) is 72.8 Å². The minimum absolute atomic E-state index is 0.132. The molecule has 0 aromatic heterocycles. The maximum atomic E-state index is 12.8. The smallest absolute Gasteiger partial charge is 0.262 e. The van der Waals surface area contributed by atoms with Crippen LogP contribution in [0.5, 0.6) is 5.75 Å². The van der Waals surface area contributed by atoms with Crippen molar-refractivity contribution in [3.63, 3.8) is 0 Å². The molecule has 1 N–H and O–H groups in total. The van der Waals surface area contributed by atoms with Crippen molar-refractivity contribution in [2.24, 2.45) is 0 Å². The molecule has 0 saturated carbocycles. The number of halogens is 2. The van der Waals surface area contributed by atoms with E-state index in [2.05, 4.69) is 5.32 Å². The first-order valence-electron chi connectivity index (χ1n) is 8.10. The van der Waals surface area contributed by atoms with Gasteiger partial charge in [-0.15, -0.1) is 0 Å². The number of amides is 1. The van der Waals surface area contributed by atoms with E-state index in [-0.39, 0.29) is 24.1 Å². The summed E-state index contributed by atoms with van der Waals surface area (Å²) in [7, 11) is 0. The quantitative estimate of drug-likeness (QED) is 0.626. The average Bonchev–Trinajstić information content (AvgIpc) is 2.69. The van der Waals surface area contributed by atoms with Crippen molar-refractivity contribution in [2.45, 2.75) is 0 Å². The van der Waals surface area contributed by atoms with Crippen LogP contribution < -0.4 is 10.1 Å². The molecular weight excluding hydrogens is 369 g/mol. The predicted molar refractivity (Wildman–Crippen MR) is 102 cm³/mol. The summed E-state index contributed by atoms with van der Waals surface area (Å²) in [6.45, 7) is -0.206. The average molecular weight is 384 g/mol. The Kier molecular flexibility index (Phi) is 5.84. The SMILES string of the molecule is O=C(COc1ccc(C(=O)c2ccc(Cl)cc2)cc1)Nc1ccc(F)cc1. The summed E-state index contributed by atoms with van der Waals surface area (Å²) in [5.74, 6) is -0.426. The molecule has 0 bridgehead atoms. The van der Waals surface area contributed by atoms with Crippen molar-refractivity contribution in [1.29, 1.82) is 0 Å². The van der Waals surface area contributed by atoms with Crippen LogP contribution in [0, 0.1) is 5.82 Å². The number of benzene rings is 3. The Balaban J connectivity index is 1.55. The Hall–Kier alpha value is -3.18. The molecule has 0 spiro atoms. The Labute approximate surface area is 160 Å². The maximum Gasteiger partial charge on any atom is 0.262 e. The molecule has 0 unspecified atom stereocenters. The standard InChI is InChI=1S/C21H15ClFNO3/c22-16-5-1-14(2-6-16)21(26)15-3-11-19(12-4-15)27-13-20(25)24-18-9-7-17(23)8-10-18/h1-12H,13H2,(H,24,25). The van der Waals surface area contributed by atoms with Gasteiger partial charge in [-0.1, -0.05) is 11.6 Å². The van der Waals surface area contributed by atoms with Gasteiger partial charge in [0.2, 0.25) is 0 Å². The van der Waals surface area contributed by atoms with Gasteiger partial charge in [-0.05, 0) is 72.8 Å². The van der Waals surface area contributed by atoms with Gasteiger partial charge in [0.1, 0.15) is 11.6 Å². The monoisotopic (exact) mass is 383 g/mol. The van der Waals surface area contributed by atoms with E-state index >= 15 is 0 Å². The molecule has 0 aliphatic carbocycles. The second-order valence-corrected chi connectivity index (χ2v) is 6.14. The number of nitrogens with one attached hydrogen (secondary N) is 1. The van der Waals surface area contributed by atoms with Crippen LogP contribution in [0.4, 0.5) is 10.1 Å². The summed E-state index contributed by atoms with van der Waals surface area (Å²) in [5, 5.41) is 3.16. The van der Waals surface area contributed by atoms with E-state index in [9.17, 15) is 14.0 Å². The van der Waals surface area contributed by atoms with Crippen LogP contribution in [-0.4, -0.2) is 18.3 Å². The summed E-state index contributed by atoms with van der Waals surface area (Å²) in [5.41, 5.74) is 1.51. The van der Waals surface area contributed by atoms with Crippen LogP contribution >= 0.6 is 11.6 Å². The number of hydrogen-bond acceptors (Lipinski definition) is 3. The van der Waals surface area contributed by atoms with E-state index in [0.717, 1.165) is 0 Å². The van der Waals surface area contributed by atoms with Gasteiger partial charge < -0.3 is 10.1 Å². The van der Waals surface area contributed by atoms with E-state index in [1.165, 1.54) is 24.3 Å². The first kappa shape index (κ1) is 18.6. The molecule has 27 heavy (non-hydrogen) atoms. The number of anilines is 1. The molecule has 0 aliphatic heterocycles. The number of ether oxygens (including phenoxy) is 1. The number of carbonyl (C=O) groups excluding carboxylic acids is 2. The van der Waals surface area contributed by atoms with Crippen LogP contribution in [0.3, 0.4) is 0 Å². The second-order valence-electron chi connectivity index (χ2n) is 5.70. The lowest BCUT2D eigenvalue weighted by Gasteiger charge is -2.08. The van der Waals surface area contributed by atoms with Crippen LogP contribution in [0.2, 0.25) is 5.02 Å². The van der Waals surface area contributed by atoms with Crippen molar-refractivity contribution < 1.29 is 18.7 Å². The fraction of sp³-hybridized carbons (Fsp3) is 0.0476. The fourth-order valence-electron chi connectivity index (χ4n) is 2.35. The highest BCUT2D eigenvalue weighted by Gasteiger charge is 2.10. The third-order valence-electron chi connectivity index (χ3n) is 3.72. The normalized spacial score (nSPS) is 10.3. The first-order chi connectivity index (χ1) is 13.0. The van der Waals surface area contributed by atoms with Gasteiger partial charge in [0.25, 0.3) is 5.91 Å². The molecule has 6 heteroatoms. The third-order valence-corrected chi connectivity index (χ3v) is 3.97. The van der Waals surface area contributed by atoms with Crippen molar-refractivity contribution in [3.05, 3.63) is 94.8 Å². The molecule has 4 nitrogen and oxygen atoms in total. The zero-order valence-electron chi connectivity index (χ0n) is 14.1. The van der Waals surface area contributed by atoms with Crippen LogP contribution in [-0.2, 0) is 4.79 Å². The lowest BCUT2D eigenvalue weighted by atomic mass is 10.0. The summed E-state index contributed by atoms with van der Waals surface area (Å²) >= 11 is 5.82. The molecule has 1 amide bonds. The number of carbonyl (C=O) groups is 2. The van der Waals surface area contributed by atoms with Gasteiger partial charge in [0.05, 0.1) is 0 Å². The highest BCUT2D eigenvalue weighted by molar-refractivity contribution is 6.30.